The van der Waals surface area contributed by atoms with E-state index in [4.69, 9.17) is 18.0 Å². The summed E-state index contributed by atoms with van der Waals surface area (Å²) in [4.78, 5) is 73.1. The number of nitrogens with one attached hydrogen (secondary N) is 3. The number of rotatable bonds is 11. The number of benzene rings is 1. The van der Waals surface area contributed by atoms with Gasteiger partial charge in [-0.3, -0.25) is 9.59 Å². The van der Waals surface area contributed by atoms with Gasteiger partial charge >= 0.3 is 18.0 Å². The molecule has 2 saturated carbocycles. The Bertz CT molecular complexity index is 1720. The van der Waals surface area contributed by atoms with E-state index < -0.39 is 58.9 Å². The summed E-state index contributed by atoms with van der Waals surface area (Å²) in [5.41, 5.74) is -0.901. The molecule has 4 amide bonds. The number of pyridine rings is 1. The first kappa shape index (κ1) is 37.8. The first-order chi connectivity index (χ1) is 24.1. The van der Waals surface area contributed by atoms with Crippen molar-refractivity contribution in [1.29, 1.82) is 0 Å². The number of aryl methyl sites for hydroxylation is 1. The van der Waals surface area contributed by atoms with Crippen LogP contribution in [0.2, 0.25) is 0 Å². The number of methoxy groups -OCH3 is 2. The van der Waals surface area contributed by atoms with Gasteiger partial charge in [-0.1, -0.05) is 39.7 Å². The Morgan fingerprint density at radius 1 is 1.10 bits per heavy atom. The lowest BCUT2D eigenvalue weighted by molar-refractivity contribution is -0.148. The number of ether oxygens (including phenoxy) is 3. The molecule has 5 rings (SSSR count). The Morgan fingerprint density at radius 2 is 1.80 bits per heavy atom. The van der Waals surface area contributed by atoms with Crippen molar-refractivity contribution >= 4 is 56.9 Å². The molecule has 51 heavy (non-hydrogen) atoms. The summed E-state index contributed by atoms with van der Waals surface area (Å²) in [5, 5.41) is 9.28. The van der Waals surface area contributed by atoms with Gasteiger partial charge in [-0.05, 0) is 43.2 Å². The molecule has 0 unspecified atom stereocenters. The monoisotopic (exact) mass is 771 g/mol. The number of fused-ring (bicyclic) bond motifs is 1. The van der Waals surface area contributed by atoms with E-state index in [0.717, 1.165) is 31.2 Å². The fourth-order valence-corrected chi connectivity index (χ4v) is 7.24. The van der Waals surface area contributed by atoms with Gasteiger partial charge in [0.25, 0.3) is 0 Å². The molecule has 3 N–H and O–H groups in total. The number of halogens is 1. The number of carbonyl (C=O) groups excluding carboxylic acids is 5. The van der Waals surface area contributed by atoms with Crippen molar-refractivity contribution in [3.63, 3.8) is 0 Å². The second-order valence-corrected chi connectivity index (χ2v) is 14.9. The van der Waals surface area contributed by atoms with Crippen LogP contribution in [0.15, 0.2) is 30.9 Å². The number of nitrogens with zero attached hydrogens (tertiary/aromatic N) is 2. The highest BCUT2D eigenvalue weighted by Gasteiger charge is 2.62. The Balaban J connectivity index is 1.49. The van der Waals surface area contributed by atoms with Crippen LogP contribution in [0.4, 0.5) is 4.79 Å². The van der Waals surface area contributed by atoms with Crippen LogP contribution in [-0.4, -0.2) is 90.2 Å². The van der Waals surface area contributed by atoms with Gasteiger partial charge in [-0.2, -0.15) is 0 Å². The molecule has 14 nitrogen and oxygen atoms in total. The number of aromatic nitrogens is 1. The van der Waals surface area contributed by atoms with Gasteiger partial charge in [-0.25, -0.2) is 19.4 Å². The molecule has 1 aromatic carbocycles. The van der Waals surface area contributed by atoms with Crippen molar-refractivity contribution in [3.05, 3.63) is 42.1 Å². The SMILES string of the molecule is C=C[C@@H]1C[C@]1(NC(=O)[C@@H]1C[C@@H](Oc2cc(C(=O)OBr)nc3cc(OC)c(C)cc23)CN1C(=O)[C@@H](NC(=O)NC1CCCC1)C(C)(C)C)C(=O)OC. The summed E-state index contributed by atoms with van der Waals surface area (Å²) in [7, 11) is 2.77. The number of urea groups is 1. The van der Waals surface area contributed by atoms with Crippen molar-refractivity contribution in [2.75, 3.05) is 20.8 Å². The number of hydrogen-bond acceptors (Lipinski definition) is 10. The third-order valence-corrected chi connectivity index (χ3v) is 10.3. The van der Waals surface area contributed by atoms with Crippen molar-refractivity contribution < 1.29 is 42.0 Å². The smallest absolute Gasteiger partial charge is 0.368 e. The zero-order valence-corrected chi connectivity index (χ0v) is 31.4. The van der Waals surface area contributed by atoms with E-state index in [1.165, 1.54) is 25.2 Å². The average molecular weight is 773 g/mol. The molecule has 3 fully saturated rings. The van der Waals surface area contributed by atoms with Gasteiger partial charge in [0.2, 0.25) is 11.8 Å². The normalized spacial score (nSPS) is 23.6. The maximum absolute atomic E-state index is 14.5. The molecule has 3 aliphatic rings. The van der Waals surface area contributed by atoms with E-state index in [0.29, 0.717) is 23.1 Å². The molecular weight excluding hydrogens is 726 g/mol. The number of carbonyl (C=O) groups is 5. The molecule has 0 radical (unpaired) electrons. The minimum atomic E-state index is -1.30. The maximum atomic E-state index is 14.5. The van der Waals surface area contributed by atoms with E-state index in [1.54, 1.807) is 12.1 Å². The van der Waals surface area contributed by atoms with Crippen LogP contribution in [0.3, 0.4) is 0 Å². The molecule has 0 spiro atoms. The highest BCUT2D eigenvalue weighted by Crippen LogP contribution is 2.46. The highest BCUT2D eigenvalue weighted by atomic mass is 79.9. The standard InChI is InChI=1S/C36H46BrN5O9/c1-8-20-17-36(20,33(46)49-7)41-30(43)26-14-22(18-42(26)31(44)29(35(3,4)5)40-34(47)38-21-11-9-10-12-21)50-28-16-25(32(45)51-37)39-24-15-27(48-6)19(2)13-23(24)28/h8,13,15-16,20-22,26,29H,1,9-12,14,17-18H2,2-7H3,(H,41,43)(H2,38,40,47)/t20-,22-,26+,29-,36-/m1/s1. The molecule has 2 heterocycles. The lowest BCUT2D eigenvalue weighted by Gasteiger charge is -2.35. The summed E-state index contributed by atoms with van der Waals surface area (Å²) >= 11 is 2.72. The Hall–Kier alpha value is -4.40. The van der Waals surface area contributed by atoms with Gasteiger partial charge in [0, 0.05) is 35.9 Å². The summed E-state index contributed by atoms with van der Waals surface area (Å²) in [6.07, 6.45) is 4.97. The summed E-state index contributed by atoms with van der Waals surface area (Å²) in [6, 6.07) is 2.41. The molecule has 1 aliphatic heterocycles. The van der Waals surface area contributed by atoms with Gasteiger partial charge in [0.1, 0.15) is 35.2 Å². The Kier molecular flexibility index (Phi) is 11.2. The third kappa shape index (κ3) is 7.92. The summed E-state index contributed by atoms with van der Waals surface area (Å²) in [6.45, 7) is 11.1. The number of amides is 4. The first-order valence-electron chi connectivity index (χ1n) is 17.0. The van der Waals surface area contributed by atoms with E-state index in [1.807, 2.05) is 33.8 Å². The predicted molar refractivity (Wildman–Crippen MR) is 190 cm³/mol. The number of likely N-dealkylation sites (tertiary alicyclic amines) is 1. The van der Waals surface area contributed by atoms with E-state index in [2.05, 4.69) is 43.8 Å². The minimum absolute atomic E-state index is 0.0279. The maximum Gasteiger partial charge on any atom is 0.368 e. The van der Waals surface area contributed by atoms with Gasteiger partial charge in [-0.15, -0.1) is 6.58 Å². The lowest BCUT2D eigenvalue weighted by Crippen LogP contribution is -2.60. The average Bonchev–Trinajstić information content (AvgIpc) is 3.36. The highest BCUT2D eigenvalue weighted by molar-refractivity contribution is 9.06. The van der Waals surface area contributed by atoms with Crippen LogP contribution in [-0.2, 0) is 22.9 Å². The summed E-state index contributed by atoms with van der Waals surface area (Å²) in [5.74, 6) is -1.94. The fraction of sp³-hybridized carbons (Fsp3) is 0.556. The minimum Gasteiger partial charge on any atom is -0.496 e. The topological polar surface area (TPSA) is 174 Å². The second kappa shape index (κ2) is 15.1. The van der Waals surface area contributed by atoms with Crippen LogP contribution in [0.5, 0.6) is 11.5 Å². The van der Waals surface area contributed by atoms with Crippen LogP contribution in [0.25, 0.3) is 10.9 Å². The number of esters is 1. The molecule has 2 aliphatic carbocycles. The third-order valence-electron chi connectivity index (χ3n) is 9.98. The molecule has 276 valence electrons. The zero-order chi connectivity index (χ0) is 37.2. The molecule has 5 atom stereocenters. The molecule has 1 aromatic heterocycles. The molecule has 2 aromatic rings. The van der Waals surface area contributed by atoms with Gasteiger partial charge in [0.15, 0.2) is 22.0 Å². The molecule has 1 saturated heterocycles. The van der Waals surface area contributed by atoms with Crippen LogP contribution >= 0.6 is 16.3 Å². The van der Waals surface area contributed by atoms with E-state index in [9.17, 15) is 24.0 Å². The lowest BCUT2D eigenvalue weighted by atomic mass is 9.85. The van der Waals surface area contributed by atoms with Gasteiger partial charge in [0.05, 0.1) is 26.3 Å². The van der Waals surface area contributed by atoms with Crippen molar-refractivity contribution in [2.24, 2.45) is 11.3 Å². The largest absolute Gasteiger partial charge is 0.496 e. The Morgan fingerprint density at radius 3 is 2.39 bits per heavy atom. The molecular formula is C36H46BrN5O9. The van der Waals surface area contributed by atoms with E-state index in [-0.39, 0.29) is 36.4 Å². The Labute approximate surface area is 305 Å². The van der Waals surface area contributed by atoms with Gasteiger partial charge < -0.3 is 38.9 Å². The fourth-order valence-electron chi connectivity index (χ4n) is 7.08. The van der Waals surface area contributed by atoms with Crippen LogP contribution in [0.1, 0.15) is 75.3 Å². The summed E-state index contributed by atoms with van der Waals surface area (Å²) < 4.78 is 21.8. The second-order valence-electron chi connectivity index (χ2n) is 14.6. The van der Waals surface area contributed by atoms with Crippen molar-refractivity contribution in [3.8, 4) is 11.5 Å². The quantitative estimate of drug-likeness (QED) is 0.221. The number of hydrogen-bond donors (Lipinski definition) is 3. The molecule has 0 bridgehead atoms. The molecule has 15 heteroatoms. The predicted octanol–water partition coefficient (Wildman–Crippen LogP) is 4.26. The van der Waals surface area contributed by atoms with E-state index >= 15 is 0 Å². The van der Waals surface area contributed by atoms with Crippen molar-refractivity contribution in [2.45, 2.75) is 96.0 Å². The first-order valence-corrected chi connectivity index (χ1v) is 17.7. The van der Waals surface area contributed by atoms with Crippen LogP contribution in [0, 0.1) is 18.3 Å². The van der Waals surface area contributed by atoms with Crippen molar-refractivity contribution in [1.82, 2.24) is 25.8 Å². The van der Waals surface area contributed by atoms with Crippen LogP contribution < -0.4 is 25.4 Å². The zero-order valence-electron chi connectivity index (χ0n) is 29.8.